The number of nitrogens with zero attached hydrogens (tertiary/aromatic N) is 3. The van der Waals surface area contributed by atoms with E-state index in [9.17, 15) is 0 Å². The van der Waals surface area contributed by atoms with E-state index in [0.717, 1.165) is 22.3 Å². The SMILES string of the molecule is C=C/C=C\C(=C/C)c1nc(-c2ccccc2)nc(-c2ccc(-c3ccc4ccccc4c3-c3ccc4c(c3)C(C)(C)c3ccccc3-4)cc2)n1. The highest BCUT2D eigenvalue weighted by molar-refractivity contribution is 6.05. The maximum absolute atomic E-state index is 4.95. The van der Waals surface area contributed by atoms with E-state index in [1.165, 1.54) is 49.7 Å². The van der Waals surface area contributed by atoms with Crippen molar-refractivity contribution in [1.29, 1.82) is 0 Å². The fraction of sp³-hybridized carbons (Fsp3) is 0.0851. The first kappa shape index (κ1) is 31.1. The van der Waals surface area contributed by atoms with Gasteiger partial charge in [-0.1, -0.05) is 172 Å². The topological polar surface area (TPSA) is 38.7 Å². The molecule has 240 valence electrons. The van der Waals surface area contributed by atoms with Gasteiger partial charge in [-0.05, 0) is 68.3 Å². The molecule has 0 fully saturated rings. The van der Waals surface area contributed by atoms with Gasteiger partial charge in [-0.25, -0.2) is 15.0 Å². The van der Waals surface area contributed by atoms with Gasteiger partial charge in [0.15, 0.2) is 17.5 Å². The predicted molar refractivity (Wildman–Crippen MR) is 210 cm³/mol. The fourth-order valence-electron chi connectivity index (χ4n) is 7.30. The molecule has 0 radical (unpaired) electrons. The van der Waals surface area contributed by atoms with Gasteiger partial charge in [-0.3, -0.25) is 0 Å². The number of benzene rings is 6. The first-order chi connectivity index (χ1) is 24.5. The Morgan fingerprint density at radius 2 is 1.20 bits per heavy atom. The first-order valence-electron chi connectivity index (χ1n) is 17.1. The summed E-state index contributed by atoms with van der Waals surface area (Å²) >= 11 is 0. The van der Waals surface area contributed by atoms with E-state index >= 15 is 0 Å². The molecule has 0 spiro atoms. The van der Waals surface area contributed by atoms with Crippen molar-refractivity contribution in [2.45, 2.75) is 26.2 Å². The molecule has 0 atom stereocenters. The predicted octanol–water partition coefficient (Wildman–Crippen LogP) is 12.1. The summed E-state index contributed by atoms with van der Waals surface area (Å²) in [6.45, 7) is 10.5. The minimum atomic E-state index is -0.0787. The molecule has 0 unspecified atom stereocenters. The second-order valence-corrected chi connectivity index (χ2v) is 13.2. The first-order valence-corrected chi connectivity index (χ1v) is 17.1. The number of allylic oxidation sites excluding steroid dienone is 5. The highest BCUT2D eigenvalue weighted by atomic mass is 15.0. The number of rotatable bonds is 7. The molecule has 0 amide bonds. The van der Waals surface area contributed by atoms with Gasteiger partial charge in [0.05, 0.1) is 0 Å². The number of aromatic nitrogens is 3. The maximum Gasteiger partial charge on any atom is 0.164 e. The maximum atomic E-state index is 4.95. The summed E-state index contributed by atoms with van der Waals surface area (Å²) in [6.07, 6.45) is 7.64. The monoisotopic (exact) mass is 643 g/mol. The molecule has 0 bridgehead atoms. The smallest absolute Gasteiger partial charge is 0.164 e. The molecule has 7 aromatic rings. The van der Waals surface area contributed by atoms with Crippen LogP contribution >= 0.6 is 0 Å². The van der Waals surface area contributed by atoms with Crippen molar-refractivity contribution in [2.75, 3.05) is 0 Å². The zero-order valence-corrected chi connectivity index (χ0v) is 28.6. The molecule has 50 heavy (non-hydrogen) atoms. The standard InChI is InChI=1S/C47H37N3/c1-5-7-15-31(6-2)44-48-45(34-17-9-8-10-18-34)50-46(49-44)35-24-22-33(23-25-35)38-28-26-32-16-11-12-19-37(32)43(38)36-27-29-40-39-20-13-14-21-41(39)47(3,4)42(40)30-36/h5-30H,1H2,2-4H3/b15-7-,31-6+. The van der Waals surface area contributed by atoms with Crippen molar-refractivity contribution < 1.29 is 0 Å². The Balaban J connectivity index is 1.25. The van der Waals surface area contributed by atoms with E-state index in [4.69, 9.17) is 15.0 Å². The van der Waals surface area contributed by atoms with Crippen LogP contribution in [0.1, 0.15) is 37.7 Å². The molecule has 3 heteroatoms. The third-order valence-corrected chi connectivity index (χ3v) is 9.90. The Morgan fingerprint density at radius 3 is 1.96 bits per heavy atom. The summed E-state index contributed by atoms with van der Waals surface area (Å²) in [5.41, 5.74) is 12.9. The molecular weight excluding hydrogens is 607 g/mol. The van der Waals surface area contributed by atoms with Crippen molar-refractivity contribution >= 4 is 16.3 Å². The van der Waals surface area contributed by atoms with Crippen LogP contribution in [0.25, 0.3) is 72.5 Å². The van der Waals surface area contributed by atoms with Crippen LogP contribution in [-0.4, -0.2) is 15.0 Å². The molecule has 6 aromatic carbocycles. The molecule has 1 aliphatic rings. The van der Waals surface area contributed by atoms with Gasteiger partial charge < -0.3 is 0 Å². The van der Waals surface area contributed by atoms with Gasteiger partial charge in [0.1, 0.15) is 0 Å². The van der Waals surface area contributed by atoms with Crippen LogP contribution in [0.3, 0.4) is 0 Å². The van der Waals surface area contributed by atoms with Crippen LogP contribution in [0.4, 0.5) is 0 Å². The van der Waals surface area contributed by atoms with Crippen LogP contribution in [0.2, 0.25) is 0 Å². The van der Waals surface area contributed by atoms with Crippen molar-refractivity contribution in [3.63, 3.8) is 0 Å². The van der Waals surface area contributed by atoms with E-state index < -0.39 is 0 Å². The van der Waals surface area contributed by atoms with Crippen LogP contribution in [0.15, 0.2) is 164 Å². The van der Waals surface area contributed by atoms with Crippen LogP contribution in [-0.2, 0) is 5.41 Å². The van der Waals surface area contributed by atoms with Crippen molar-refractivity contribution in [3.05, 3.63) is 181 Å². The molecule has 3 nitrogen and oxygen atoms in total. The average molecular weight is 644 g/mol. The Bertz CT molecular complexity index is 2470. The Labute approximate surface area is 294 Å². The van der Waals surface area contributed by atoms with Gasteiger partial charge >= 0.3 is 0 Å². The van der Waals surface area contributed by atoms with Crippen molar-refractivity contribution in [3.8, 4) is 56.2 Å². The molecule has 0 aliphatic heterocycles. The van der Waals surface area contributed by atoms with Gasteiger partial charge in [0.25, 0.3) is 0 Å². The Kier molecular flexibility index (Phi) is 7.89. The number of hydrogen-bond acceptors (Lipinski definition) is 3. The quantitative estimate of drug-likeness (QED) is 0.162. The zero-order valence-electron chi connectivity index (χ0n) is 28.6. The van der Waals surface area contributed by atoms with Gasteiger partial charge in [-0.2, -0.15) is 0 Å². The Morgan fingerprint density at radius 1 is 0.580 bits per heavy atom. The second-order valence-electron chi connectivity index (χ2n) is 13.2. The lowest BCUT2D eigenvalue weighted by atomic mass is 9.81. The lowest BCUT2D eigenvalue weighted by molar-refractivity contribution is 0.660. The molecule has 0 N–H and O–H groups in total. The molecule has 0 saturated heterocycles. The van der Waals surface area contributed by atoms with Crippen LogP contribution in [0, 0.1) is 0 Å². The van der Waals surface area contributed by atoms with Crippen LogP contribution < -0.4 is 0 Å². The summed E-state index contributed by atoms with van der Waals surface area (Å²) in [6, 6.07) is 47.7. The largest absolute Gasteiger partial charge is 0.208 e. The third kappa shape index (κ3) is 5.38. The van der Waals surface area contributed by atoms with E-state index in [1.807, 2.05) is 55.5 Å². The fourth-order valence-corrected chi connectivity index (χ4v) is 7.30. The molecular formula is C47H37N3. The lowest BCUT2D eigenvalue weighted by Crippen LogP contribution is -2.14. The summed E-state index contributed by atoms with van der Waals surface area (Å²) in [5, 5.41) is 2.46. The highest BCUT2D eigenvalue weighted by Crippen LogP contribution is 2.50. The summed E-state index contributed by atoms with van der Waals surface area (Å²) in [4.78, 5) is 14.8. The zero-order chi connectivity index (χ0) is 34.2. The molecule has 1 heterocycles. The van der Waals surface area contributed by atoms with Crippen molar-refractivity contribution in [2.24, 2.45) is 0 Å². The van der Waals surface area contributed by atoms with Crippen molar-refractivity contribution in [1.82, 2.24) is 15.0 Å². The summed E-state index contributed by atoms with van der Waals surface area (Å²) < 4.78 is 0. The van der Waals surface area contributed by atoms with E-state index in [1.54, 1.807) is 6.08 Å². The number of hydrogen-bond donors (Lipinski definition) is 0. The van der Waals surface area contributed by atoms with Gasteiger partial charge in [-0.15, -0.1) is 0 Å². The summed E-state index contributed by atoms with van der Waals surface area (Å²) in [5.74, 6) is 1.89. The molecule has 8 rings (SSSR count). The van der Waals surface area contributed by atoms with E-state index in [2.05, 4.69) is 124 Å². The number of fused-ring (bicyclic) bond motifs is 4. The molecule has 1 aliphatic carbocycles. The van der Waals surface area contributed by atoms with Crippen LogP contribution in [0.5, 0.6) is 0 Å². The molecule has 1 aromatic heterocycles. The minimum absolute atomic E-state index is 0.0787. The average Bonchev–Trinajstić information content (AvgIpc) is 3.40. The summed E-state index contributed by atoms with van der Waals surface area (Å²) in [7, 11) is 0. The third-order valence-electron chi connectivity index (χ3n) is 9.90. The minimum Gasteiger partial charge on any atom is -0.208 e. The van der Waals surface area contributed by atoms with Gasteiger partial charge in [0.2, 0.25) is 0 Å². The van der Waals surface area contributed by atoms with E-state index in [0.29, 0.717) is 17.5 Å². The lowest BCUT2D eigenvalue weighted by Gasteiger charge is -2.22. The Hall–Kier alpha value is -6.19. The van der Waals surface area contributed by atoms with E-state index in [-0.39, 0.29) is 5.41 Å². The normalized spacial score (nSPS) is 13.4. The van der Waals surface area contributed by atoms with Gasteiger partial charge in [0, 0.05) is 22.1 Å². The highest BCUT2D eigenvalue weighted by Gasteiger charge is 2.35. The second kappa shape index (κ2) is 12.7. The molecule has 0 saturated carbocycles.